The molecule has 0 spiro atoms. The van der Waals surface area contributed by atoms with Crippen LogP contribution in [0.3, 0.4) is 0 Å². The Morgan fingerprint density at radius 1 is 1.32 bits per heavy atom. The molecule has 1 unspecified atom stereocenters. The van der Waals surface area contributed by atoms with E-state index < -0.39 is 23.8 Å². The quantitative estimate of drug-likeness (QED) is 0.641. The van der Waals surface area contributed by atoms with Gasteiger partial charge in [-0.1, -0.05) is 13.3 Å². The Hall–Kier alpha value is -2.15. The van der Waals surface area contributed by atoms with Crippen molar-refractivity contribution in [3.8, 4) is 5.75 Å². The van der Waals surface area contributed by atoms with Crippen LogP contribution in [0.2, 0.25) is 0 Å². The van der Waals surface area contributed by atoms with E-state index in [1.807, 2.05) is 6.92 Å². The van der Waals surface area contributed by atoms with E-state index in [2.05, 4.69) is 5.32 Å². The van der Waals surface area contributed by atoms with Crippen molar-refractivity contribution in [1.82, 2.24) is 5.32 Å². The zero-order chi connectivity index (χ0) is 16.4. The van der Waals surface area contributed by atoms with Gasteiger partial charge in [-0.15, -0.1) is 0 Å². The van der Waals surface area contributed by atoms with E-state index in [1.54, 1.807) is 0 Å². The smallest absolute Gasteiger partial charge is 0.346 e. The fourth-order valence-electron chi connectivity index (χ4n) is 1.53. The van der Waals surface area contributed by atoms with Gasteiger partial charge in [0.05, 0.1) is 6.54 Å². The monoisotopic (exact) mass is 313 g/mol. The second-order valence-corrected chi connectivity index (χ2v) is 4.61. The van der Waals surface area contributed by atoms with Crippen LogP contribution >= 0.6 is 0 Å². The standard InChI is InChI=1S/C15H20FNO5/c1-2-3-8-21-10-14(18)17-9-13(15(19)20)22-12-6-4-11(16)5-7-12/h4-7,13H,2-3,8-10H2,1H3,(H,17,18)(H,19,20). The van der Waals surface area contributed by atoms with Crippen LogP contribution < -0.4 is 10.1 Å². The molecule has 0 saturated heterocycles. The van der Waals surface area contributed by atoms with Crippen LogP contribution in [0.15, 0.2) is 24.3 Å². The van der Waals surface area contributed by atoms with Crippen molar-refractivity contribution < 1.29 is 28.6 Å². The lowest BCUT2D eigenvalue weighted by Crippen LogP contribution is -2.41. The molecule has 0 aromatic heterocycles. The van der Waals surface area contributed by atoms with Crippen molar-refractivity contribution in [3.63, 3.8) is 0 Å². The number of carbonyl (C=O) groups is 2. The first-order valence-electron chi connectivity index (χ1n) is 7.02. The molecule has 1 atom stereocenters. The van der Waals surface area contributed by atoms with Gasteiger partial charge in [0.2, 0.25) is 12.0 Å². The molecular weight excluding hydrogens is 293 g/mol. The van der Waals surface area contributed by atoms with Gasteiger partial charge < -0.3 is 19.9 Å². The summed E-state index contributed by atoms with van der Waals surface area (Å²) in [5.41, 5.74) is 0. The molecule has 2 N–H and O–H groups in total. The Morgan fingerprint density at radius 3 is 2.59 bits per heavy atom. The van der Waals surface area contributed by atoms with Gasteiger partial charge >= 0.3 is 5.97 Å². The number of unbranched alkanes of at least 4 members (excludes halogenated alkanes) is 1. The average Bonchev–Trinajstić information content (AvgIpc) is 2.49. The van der Waals surface area contributed by atoms with Gasteiger partial charge in [-0.05, 0) is 30.7 Å². The lowest BCUT2D eigenvalue weighted by atomic mass is 10.3. The van der Waals surface area contributed by atoms with Gasteiger partial charge in [0.1, 0.15) is 18.2 Å². The number of ether oxygens (including phenoxy) is 2. The van der Waals surface area contributed by atoms with Crippen LogP contribution in [0.5, 0.6) is 5.75 Å². The summed E-state index contributed by atoms with van der Waals surface area (Å²) in [7, 11) is 0. The predicted octanol–water partition coefficient (Wildman–Crippen LogP) is 1.59. The number of carboxylic acids is 1. The summed E-state index contributed by atoms with van der Waals surface area (Å²) in [4.78, 5) is 22.6. The van der Waals surface area contributed by atoms with Crippen molar-refractivity contribution in [2.45, 2.75) is 25.9 Å². The highest BCUT2D eigenvalue weighted by molar-refractivity contribution is 5.79. The maximum absolute atomic E-state index is 12.8. The lowest BCUT2D eigenvalue weighted by molar-refractivity contribution is -0.145. The lowest BCUT2D eigenvalue weighted by Gasteiger charge is -2.16. The summed E-state index contributed by atoms with van der Waals surface area (Å²) in [6.07, 6.45) is 0.567. The number of rotatable bonds is 10. The van der Waals surface area contributed by atoms with E-state index in [-0.39, 0.29) is 18.9 Å². The number of benzene rings is 1. The minimum atomic E-state index is -1.26. The van der Waals surface area contributed by atoms with Crippen LogP contribution in [-0.4, -0.2) is 42.8 Å². The van der Waals surface area contributed by atoms with Gasteiger partial charge in [0.25, 0.3) is 0 Å². The van der Waals surface area contributed by atoms with Crippen LogP contribution in [0.25, 0.3) is 0 Å². The fraction of sp³-hybridized carbons (Fsp3) is 0.467. The van der Waals surface area contributed by atoms with Gasteiger partial charge in [-0.3, -0.25) is 4.79 Å². The Bertz CT molecular complexity index is 477. The van der Waals surface area contributed by atoms with Gasteiger partial charge in [0, 0.05) is 6.61 Å². The Morgan fingerprint density at radius 2 is 2.00 bits per heavy atom. The first-order valence-corrected chi connectivity index (χ1v) is 7.02. The molecule has 0 saturated carbocycles. The molecule has 6 nitrogen and oxygen atoms in total. The average molecular weight is 313 g/mol. The summed E-state index contributed by atoms with van der Waals surface area (Å²) in [5, 5.41) is 11.5. The molecule has 0 bridgehead atoms. The van der Waals surface area contributed by atoms with Crippen molar-refractivity contribution >= 4 is 11.9 Å². The van der Waals surface area contributed by atoms with E-state index in [4.69, 9.17) is 14.6 Å². The fourth-order valence-corrected chi connectivity index (χ4v) is 1.53. The molecule has 1 amide bonds. The van der Waals surface area contributed by atoms with Crippen molar-refractivity contribution in [3.05, 3.63) is 30.1 Å². The van der Waals surface area contributed by atoms with Crippen molar-refractivity contribution in [2.24, 2.45) is 0 Å². The molecule has 0 heterocycles. The van der Waals surface area contributed by atoms with Gasteiger partial charge in [-0.25, -0.2) is 9.18 Å². The van der Waals surface area contributed by atoms with E-state index in [0.717, 1.165) is 25.0 Å². The predicted molar refractivity (Wildman–Crippen MR) is 77.2 cm³/mol. The molecular formula is C15H20FNO5. The molecule has 0 aliphatic rings. The number of amides is 1. The number of nitrogens with one attached hydrogen (secondary N) is 1. The maximum atomic E-state index is 12.8. The second kappa shape index (κ2) is 9.73. The van der Waals surface area contributed by atoms with Crippen molar-refractivity contribution in [2.75, 3.05) is 19.8 Å². The zero-order valence-corrected chi connectivity index (χ0v) is 12.4. The van der Waals surface area contributed by atoms with Crippen LogP contribution in [0.4, 0.5) is 4.39 Å². The minimum Gasteiger partial charge on any atom is -0.478 e. The highest BCUT2D eigenvalue weighted by Gasteiger charge is 2.20. The highest BCUT2D eigenvalue weighted by Crippen LogP contribution is 2.13. The third-order valence-corrected chi connectivity index (χ3v) is 2.73. The maximum Gasteiger partial charge on any atom is 0.346 e. The Kier molecular flexibility index (Phi) is 7.91. The van der Waals surface area contributed by atoms with E-state index in [1.165, 1.54) is 12.1 Å². The zero-order valence-electron chi connectivity index (χ0n) is 12.4. The molecule has 0 radical (unpaired) electrons. The first-order chi connectivity index (χ1) is 10.5. The van der Waals surface area contributed by atoms with Gasteiger partial charge in [0.15, 0.2) is 0 Å². The van der Waals surface area contributed by atoms with Gasteiger partial charge in [-0.2, -0.15) is 0 Å². The van der Waals surface area contributed by atoms with Crippen LogP contribution in [-0.2, 0) is 14.3 Å². The Labute approximate surface area is 128 Å². The summed E-state index contributed by atoms with van der Waals surface area (Å²) >= 11 is 0. The summed E-state index contributed by atoms with van der Waals surface area (Å²) < 4.78 is 23.1. The molecule has 0 aliphatic heterocycles. The SMILES string of the molecule is CCCCOCC(=O)NCC(Oc1ccc(F)cc1)C(=O)O. The molecule has 0 fully saturated rings. The molecule has 0 aliphatic carbocycles. The summed E-state index contributed by atoms with van der Waals surface area (Å²) in [6, 6.07) is 4.96. The van der Waals surface area contributed by atoms with E-state index in [9.17, 15) is 14.0 Å². The van der Waals surface area contributed by atoms with Crippen LogP contribution in [0, 0.1) is 5.82 Å². The van der Waals surface area contributed by atoms with E-state index in [0.29, 0.717) is 6.61 Å². The highest BCUT2D eigenvalue weighted by atomic mass is 19.1. The summed E-state index contributed by atoms with van der Waals surface area (Å²) in [5.74, 6) is -1.87. The number of hydrogen-bond acceptors (Lipinski definition) is 4. The third kappa shape index (κ3) is 7.03. The molecule has 122 valence electrons. The van der Waals surface area contributed by atoms with Crippen molar-refractivity contribution in [1.29, 1.82) is 0 Å². The Balaban J connectivity index is 2.39. The molecule has 1 aromatic carbocycles. The number of halogens is 1. The summed E-state index contributed by atoms with van der Waals surface area (Å²) in [6.45, 7) is 2.16. The molecule has 1 rings (SSSR count). The largest absolute Gasteiger partial charge is 0.478 e. The minimum absolute atomic E-state index is 0.122. The number of carboxylic acid groups (broad SMARTS) is 1. The normalized spacial score (nSPS) is 11.7. The molecule has 7 heteroatoms. The first kappa shape index (κ1) is 17.9. The topological polar surface area (TPSA) is 84.9 Å². The number of carbonyl (C=O) groups excluding carboxylic acids is 1. The third-order valence-electron chi connectivity index (χ3n) is 2.73. The molecule has 22 heavy (non-hydrogen) atoms. The number of aliphatic carboxylic acids is 1. The second-order valence-electron chi connectivity index (χ2n) is 4.61. The van der Waals surface area contributed by atoms with E-state index >= 15 is 0 Å². The van der Waals surface area contributed by atoms with Crippen LogP contribution in [0.1, 0.15) is 19.8 Å². The number of hydrogen-bond donors (Lipinski definition) is 2. The molecule has 1 aromatic rings.